The summed E-state index contributed by atoms with van der Waals surface area (Å²) in [4.78, 5) is 0. The number of fused-ring (bicyclic) bond motifs is 3. The Hall–Kier alpha value is -3.20. The van der Waals surface area contributed by atoms with E-state index < -0.39 is 16.4 Å². The molecule has 0 saturated heterocycles. The molecule has 0 aliphatic heterocycles. The Morgan fingerprint density at radius 1 is 1.14 bits per heavy atom. The molecule has 0 radical (unpaired) electrons. The fourth-order valence-corrected chi connectivity index (χ4v) is 7.36. The van der Waals surface area contributed by atoms with Crippen molar-refractivity contribution >= 4 is 5.57 Å². The molecule has 0 saturated carbocycles. The van der Waals surface area contributed by atoms with Crippen molar-refractivity contribution in [1.29, 1.82) is 0 Å². The molecule has 36 heavy (non-hydrogen) atoms. The van der Waals surface area contributed by atoms with Gasteiger partial charge in [-0.05, 0) is 85.9 Å². The van der Waals surface area contributed by atoms with E-state index in [1.54, 1.807) is 0 Å². The van der Waals surface area contributed by atoms with Gasteiger partial charge in [0.2, 0.25) is 0 Å². The van der Waals surface area contributed by atoms with E-state index in [2.05, 4.69) is 77.3 Å². The van der Waals surface area contributed by atoms with Crippen LogP contribution in [0.4, 0.5) is 0 Å². The van der Waals surface area contributed by atoms with Crippen molar-refractivity contribution in [3.05, 3.63) is 87.7 Å². The third-order valence-corrected chi connectivity index (χ3v) is 8.62. The third-order valence-electron chi connectivity index (χ3n) is 8.62. The Bertz CT molecular complexity index is 1380. The molecule has 0 heterocycles. The van der Waals surface area contributed by atoms with Crippen LogP contribution in [0.25, 0.3) is 5.57 Å². The number of hydrogen-bond donors (Lipinski definition) is 2. The van der Waals surface area contributed by atoms with E-state index >= 15 is 0 Å². The van der Waals surface area contributed by atoms with Gasteiger partial charge in [-0.3, -0.25) is 0 Å². The monoisotopic (exact) mass is 478 g/mol. The molecule has 2 N–H and O–H groups in total. The molecule has 2 nitrogen and oxygen atoms in total. The average Bonchev–Trinajstić information content (AvgIpc) is 2.77. The molecule has 0 fully saturated rings. The molecule has 0 spiro atoms. The summed E-state index contributed by atoms with van der Waals surface area (Å²) in [5, 5.41) is 24.2. The van der Waals surface area contributed by atoms with E-state index in [0.29, 0.717) is 18.4 Å². The van der Waals surface area contributed by atoms with Crippen LogP contribution in [0, 0.1) is 41.9 Å². The number of hydrogen-bond acceptors (Lipinski definition) is 2. The minimum absolute atomic E-state index is 0.00387. The summed E-state index contributed by atoms with van der Waals surface area (Å²) in [6, 6.07) is 4.17. The van der Waals surface area contributed by atoms with Gasteiger partial charge in [0.25, 0.3) is 0 Å². The van der Waals surface area contributed by atoms with Gasteiger partial charge in [-0.2, -0.15) is 0 Å². The van der Waals surface area contributed by atoms with E-state index in [-0.39, 0.29) is 5.76 Å². The Morgan fingerprint density at radius 2 is 1.83 bits per heavy atom. The smallest absolute Gasteiger partial charge is 0.152 e. The van der Waals surface area contributed by atoms with Crippen molar-refractivity contribution in [1.82, 2.24) is 0 Å². The lowest BCUT2D eigenvalue weighted by molar-refractivity contribution is -0.0813. The van der Waals surface area contributed by atoms with Gasteiger partial charge in [-0.15, -0.1) is 12.3 Å². The number of terminal acetylenes is 1. The zero-order valence-electron chi connectivity index (χ0n) is 22.5. The number of allylic oxidation sites excluding steroid dienone is 4. The van der Waals surface area contributed by atoms with E-state index in [4.69, 9.17) is 6.42 Å². The number of rotatable bonds is 3. The Balaban J connectivity index is 1.90. The molecule has 1 aromatic rings. The van der Waals surface area contributed by atoms with Crippen molar-refractivity contribution in [2.75, 3.05) is 0 Å². The van der Waals surface area contributed by atoms with E-state index in [9.17, 15) is 10.2 Å². The van der Waals surface area contributed by atoms with Crippen LogP contribution in [-0.4, -0.2) is 15.8 Å². The van der Waals surface area contributed by atoms with E-state index in [1.807, 2.05) is 6.92 Å². The SMILES string of the molecule is C#CCCCC#Cc1ccc(C)c2c1C[C@]1(C)C[C@]3(C)CC(C)=C(C(=C)C)C(=C)[C@]3(O)C(O)=C1C2=C. The molecule has 1 aromatic carbocycles. The molecule has 0 unspecified atom stereocenters. The van der Waals surface area contributed by atoms with E-state index in [1.165, 1.54) is 5.56 Å². The summed E-state index contributed by atoms with van der Waals surface area (Å²) in [6.45, 7) is 23.3. The van der Waals surface area contributed by atoms with Gasteiger partial charge in [0.15, 0.2) is 5.60 Å². The third kappa shape index (κ3) is 3.55. The van der Waals surface area contributed by atoms with Crippen molar-refractivity contribution in [3.63, 3.8) is 0 Å². The van der Waals surface area contributed by atoms with Crippen molar-refractivity contribution in [3.8, 4) is 24.2 Å². The molecule has 2 heteroatoms. The van der Waals surface area contributed by atoms with Crippen LogP contribution in [0.15, 0.2) is 65.5 Å². The lowest BCUT2D eigenvalue weighted by Crippen LogP contribution is -2.59. The molecular formula is C34H38O2. The first-order valence-electron chi connectivity index (χ1n) is 12.8. The molecular weight excluding hydrogens is 440 g/mol. The van der Waals surface area contributed by atoms with E-state index in [0.717, 1.165) is 70.2 Å². The summed E-state index contributed by atoms with van der Waals surface area (Å²) < 4.78 is 0. The Kier molecular flexibility index (Phi) is 6.27. The second-order valence-corrected chi connectivity index (χ2v) is 11.6. The molecule has 3 aliphatic rings. The quantitative estimate of drug-likeness (QED) is 0.348. The summed E-state index contributed by atoms with van der Waals surface area (Å²) in [6.07, 6.45) is 9.84. The predicted octanol–water partition coefficient (Wildman–Crippen LogP) is 7.53. The summed E-state index contributed by atoms with van der Waals surface area (Å²) in [5.41, 5.74) is 6.69. The standard InChI is InChI=1S/C34H38O2/c1-10-11-12-13-14-15-26-17-16-22(4)29-24(6)30-31(35)34(36)25(7)28(21(2)3)23(5)18-33(34,9)20-32(30,8)19-27(26)29/h1,16-17,35-36H,2,6-7,11-13,18-20H2,3-5,8-9H3/t32-,33+,34+/m1/s1. The van der Waals surface area contributed by atoms with Gasteiger partial charge in [0, 0.05) is 34.8 Å². The topological polar surface area (TPSA) is 40.5 Å². The first kappa shape index (κ1) is 25.9. The van der Waals surface area contributed by atoms with Gasteiger partial charge < -0.3 is 10.2 Å². The number of aliphatic hydroxyl groups is 2. The summed E-state index contributed by atoms with van der Waals surface area (Å²) >= 11 is 0. The zero-order valence-corrected chi connectivity index (χ0v) is 22.5. The molecule has 0 bridgehead atoms. The summed E-state index contributed by atoms with van der Waals surface area (Å²) in [5.74, 6) is 9.36. The van der Waals surface area contributed by atoms with Gasteiger partial charge >= 0.3 is 0 Å². The minimum atomic E-state index is -1.57. The molecule has 3 aliphatic carbocycles. The normalized spacial score (nSPS) is 29.0. The second kappa shape index (κ2) is 8.73. The van der Waals surface area contributed by atoms with Crippen LogP contribution in [0.3, 0.4) is 0 Å². The van der Waals surface area contributed by atoms with Crippen LogP contribution in [0.2, 0.25) is 0 Å². The van der Waals surface area contributed by atoms with Crippen LogP contribution in [-0.2, 0) is 6.42 Å². The highest BCUT2D eigenvalue weighted by Gasteiger charge is 2.63. The molecule has 3 atom stereocenters. The van der Waals surface area contributed by atoms with Gasteiger partial charge in [0.1, 0.15) is 5.76 Å². The van der Waals surface area contributed by atoms with Crippen molar-refractivity contribution in [2.45, 2.75) is 78.7 Å². The average molecular weight is 479 g/mol. The second-order valence-electron chi connectivity index (χ2n) is 11.6. The fraction of sp³-hybridized carbons (Fsp3) is 0.412. The maximum atomic E-state index is 12.3. The Labute approximate surface area is 217 Å². The van der Waals surface area contributed by atoms with Crippen molar-refractivity contribution < 1.29 is 10.2 Å². The van der Waals surface area contributed by atoms with Gasteiger partial charge in [-0.25, -0.2) is 0 Å². The first-order valence-corrected chi connectivity index (χ1v) is 12.8. The zero-order chi connectivity index (χ0) is 26.6. The Morgan fingerprint density at radius 3 is 2.47 bits per heavy atom. The van der Waals surface area contributed by atoms with Crippen LogP contribution >= 0.6 is 0 Å². The van der Waals surface area contributed by atoms with Gasteiger partial charge in [-0.1, -0.05) is 62.6 Å². The van der Waals surface area contributed by atoms with Crippen LogP contribution < -0.4 is 0 Å². The van der Waals surface area contributed by atoms with Gasteiger partial charge in [0.05, 0.1) is 0 Å². The summed E-state index contributed by atoms with van der Waals surface area (Å²) in [7, 11) is 0. The molecule has 186 valence electrons. The number of unbranched alkanes of at least 4 members (excludes halogenated alkanes) is 2. The first-order chi connectivity index (χ1) is 16.8. The number of benzene rings is 1. The highest BCUT2D eigenvalue weighted by molar-refractivity contribution is 5.87. The molecule has 0 aromatic heterocycles. The number of aliphatic hydroxyl groups excluding tert-OH is 1. The molecule has 0 amide bonds. The lowest BCUT2D eigenvalue weighted by atomic mass is 9.47. The predicted molar refractivity (Wildman–Crippen MR) is 150 cm³/mol. The largest absolute Gasteiger partial charge is 0.509 e. The minimum Gasteiger partial charge on any atom is -0.509 e. The fourth-order valence-electron chi connectivity index (χ4n) is 7.36. The maximum Gasteiger partial charge on any atom is 0.152 e. The highest BCUT2D eigenvalue weighted by Crippen LogP contribution is 2.66. The maximum absolute atomic E-state index is 12.3. The van der Waals surface area contributed by atoms with Crippen LogP contribution in [0.5, 0.6) is 0 Å². The highest BCUT2D eigenvalue weighted by atomic mass is 16.3. The van der Waals surface area contributed by atoms with Crippen molar-refractivity contribution in [2.24, 2.45) is 10.8 Å². The number of aryl methyl sites for hydroxylation is 1. The molecule has 4 rings (SSSR count). The lowest BCUT2D eigenvalue weighted by Gasteiger charge is -2.59. The van der Waals surface area contributed by atoms with Crippen LogP contribution in [0.1, 0.15) is 82.1 Å².